The fraction of sp³-hybridized carbons (Fsp3) is 0.267. The molecule has 0 heterocycles. The lowest BCUT2D eigenvalue weighted by Crippen LogP contribution is -2.11. The molecule has 0 aliphatic carbocycles. The first-order valence-electron chi connectivity index (χ1n) is 12.0. The maximum absolute atomic E-state index is 12.6. The quantitative estimate of drug-likeness (QED) is 0.139. The van der Waals surface area contributed by atoms with Crippen molar-refractivity contribution >= 4 is 33.3 Å². The Labute approximate surface area is 210 Å². The van der Waals surface area contributed by atoms with Crippen LogP contribution in [0.4, 0.5) is 0 Å². The number of benzene rings is 4. The van der Waals surface area contributed by atoms with Gasteiger partial charge in [-0.05, 0) is 40.6 Å². The van der Waals surface area contributed by atoms with Gasteiger partial charge in [0.15, 0.2) is 0 Å². The number of esters is 1. The highest BCUT2D eigenvalue weighted by Crippen LogP contribution is 2.45. The third kappa shape index (κ3) is 6.08. The zero-order valence-electron chi connectivity index (χ0n) is 20.6. The minimum absolute atomic E-state index is 0.0271. The van der Waals surface area contributed by atoms with Gasteiger partial charge in [-0.1, -0.05) is 60.7 Å². The maximum Gasteiger partial charge on any atom is 0.311 e. The van der Waals surface area contributed by atoms with Crippen molar-refractivity contribution in [2.45, 2.75) is 19.8 Å². The molecule has 0 atom stereocenters. The topological polar surface area (TPSA) is 71.1 Å². The van der Waals surface area contributed by atoms with E-state index in [1.54, 1.807) is 7.11 Å². The monoisotopic (exact) mass is 486 g/mol. The summed E-state index contributed by atoms with van der Waals surface area (Å²) in [5.41, 5.74) is 1.62. The first-order chi connectivity index (χ1) is 17.6. The Morgan fingerprint density at radius 1 is 0.667 bits per heavy atom. The summed E-state index contributed by atoms with van der Waals surface area (Å²) in [6.45, 7) is 3.25. The van der Waals surface area contributed by atoms with E-state index >= 15 is 0 Å². The van der Waals surface area contributed by atoms with Crippen LogP contribution in [0.15, 0.2) is 72.8 Å². The highest BCUT2D eigenvalue weighted by atomic mass is 16.5. The molecule has 0 aliphatic rings. The molecule has 0 amide bonds. The normalized spacial score (nSPS) is 11.1. The number of ether oxygens (including phenoxy) is 4. The SMILES string of the molecule is COCCOCCOc1ccc2ccccc2c1-c1c(OC(=O)CCC(C)=O)ccc2ccccc12. The molecule has 0 bridgehead atoms. The van der Waals surface area contributed by atoms with Gasteiger partial charge in [0.25, 0.3) is 0 Å². The number of carbonyl (C=O) groups is 2. The van der Waals surface area contributed by atoms with E-state index in [9.17, 15) is 9.59 Å². The molecule has 36 heavy (non-hydrogen) atoms. The lowest BCUT2D eigenvalue weighted by molar-refractivity contribution is -0.135. The van der Waals surface area contributed by atoms with Crippen LogP contribution in [0.1, 0.15) is 19.8 Å². The Balaban J connectivity index is 1.80. The molecule has 0 N–H and O–H groups in total. The Kier molecular flexibility index (Phi) is 8.66. The van der Waals surface area contributed by atoms with Crippen molar-refractivity contribution in [2.75, 3.05) is 33.5 Å². The van der Waals surface area contributed by atoms with Crippen LogP contribution >= 0.6 is 0 Å². The van der Waals surface area contributed by atoms with Gasteiger partial charge < -0.3 is 23.7 Å². The summed E-state index contributed by atoms with van der Waals surface area (Å²) in [7, 11) is 1.63. The average molecular weight is 487 g/mol. The van der Waals surface area contributed by atoms with E-state index < -0.39 is 5.97 Å². The van der Waals surface area contributed by atoms with Crippen LogP contribution in [-0.4, -0.2) is 45.3 Å². The minimum atomic E-state index is -0.448. The fourth-order valence-electron chi connectivity index (χ4n) is 4.13. The maximum atomic E-state index is 12.6. The molecule has 6 heteroatoms. The number of hydrogen-bond donors (Lipinski definition) is 0. The summed E-state index contributed by atoms with van der Waals surface area (Å²) in [5, 5.41) is 3.97. The minimum Gasteiger partial charge on any atom is -0.491 e. The van der Waals surface area contributed by atoms with Crippen molar-refractivity contribution in [3.05, 3.63) is 72.8 Å². The third-order valence-corrected chi connectivity index (χ3v) is 5.85. The van der Waals surface area contributed by atoms with Gasteiger partial charge in [0.05, 0.1) is 26.2 Å². The van der Waals surface area contributed by atoms with E-state index in [0.29, 0.717) is 37.9 Å². The van der Waals surface area contributed by atoms with Crippen LogP contribution in [0.25, 0.3) is 32.7 Å². The van der Waals surface area contributed by atoms with Gasteiger partial charge in [0.1, 0.15) is 23.9 Å². The molecular formula is C30H30O6. The summed E-state index contributed by atoms with van der Waals surface area (Å²) < 4.78 is 22.7. The zero-order valence-corrected chi connectivity index (χ0v) is 20.6. The van der Waals surface area contributed by atoms with Crippen LogP contribution in [0, 0.1) is 0 Å². The molecule has 0 radical (unpaired) electrons. The van der Waals surface area contributed by atoms with Crippen molar-refractivity contribution < 1.29 is 28.5 Å². The first-order valence-corrected chi connectivity index (χ1v) is 12.0. The van der Waals surface area contributed by atoms with E-state index in [2.05, 4.69) is 0 Å². The third-order valence-electron chi connectivity index (χ3n) is 5.85. The number of fused-ring (bicyclic) bond motifs is 2. The highest BCUT2D eigenvalue weighted by molar-refractivity contribution is 6.10. The van der Waals surface area contributed by atoms with Gasteiger partial charge in [-0.15, -0.1) is 0 Å². The van der Waals surface area contributed by atoms with Crippen LogP contribution in [-0.2, 0) is 19.1 Å². The molecule has 6 nitrogen and oxygen atoms in total. The van der Waals surface area contributed by atoms with E-state index in [0.717, 1.165) is 32.7 Å². The summed E-state index contributed by atoms with van der Waals surface area (Å²) in [4.78, 5) is 24.0. The van der Waals surface area contributed by atoms with E-state index in [4.69, 9.17) is 18.9 Å². The number of ketones is 1. The smallest absolute Gasteiger partial charge is 0.311 e. The summed E-state index contributed by atoms with van der Waals surface area (Å²) in [5.74, 6) is 0.598. The largest absolute Gasteiger partial charge is 0.491 e. The van der Waals surface area contributed by atoms with Crippen LogP contribution in [0.5, 0.6) is 11.5 Å². The van der Waals surface area contributed by atoms with Crippen molar-refractivity contribution in [1.82, 2.24) is 0 Å². The van der Waals surface area contributed by atoms with Crippen LogP contribution in [0.2, 0.25) is 0 Å². The van der Waals surface area contributed by atoms with E-state index in [-0.39, 0.29) is 18.6 Å². The second kappa shape index (κ2) is 12.3. The second-order valence-corrected chi connectivity index (χ2v) is 8.45. The van der Waals surface area contributed by atoms with E-state index in [1.165, 1.54) is 6.92 Å². The molecule has 0 spiro atoms. The molecule has 0 aliphatic heterocycles. The molecule has 0 saturated carbocycles. The second-order valence-electron chi connectivity index (χ2n) is 8.45. The van der Waals surface area contributed by atoms with Crippen molar-refractivity contribution in [3.63, 3.8) is 0 Å². The van der Waals surface area contributed by atoms with Gasteiger partial charge in [-0.2, -0.15) is 0 Å². The molecule has 0 aromatic heterocycles. The summed E-state index contributed by atoms with van der Waals surface area (Å²) in [6.07, 6.45) is 0.173. The van der Waals surface area contributed by atoms with Gasteiger partial charge in [-0.25, -0.2) is 0 Å². The van der Waals surface area contributed by atoms with E-state index in [1.807, 2.05) is 72.8 Å². The fourth-order valence-corrected chi connectivity index (χ4v) is 4.13. The molecule has 4 aromatic rings. The lowest BCUT2D eigenvalue weighted by atomic mass is 9.92. The Morgan fingerprint density at radius 2 is 1.25 bits per heavy atom. The number of rotatable bonds is 12. The van der Waals surface area contributed by atoms with Crippen molar-refractivity contribution in [3.8, 4) is 22.6 Å². The van der Waals surface area contributed by atoms with Crippen molar-refractivity contribution in [1.29, 1.82) is 0 Å². The Morgan fingerprint density at radius 3 is 1.89 bits per heavy atom. The number of methoxy groups -OCH3 is 1. The van der Waals surface area contributed by atoms with Gasteiger partial charge in [-0.3, -0.25) is 4.79 Å². The van der Waals surface area contributed by atoms with Gasteiger partial charge in [0, 0.05) is 24.7 Å². The van der Waals surface area contributed by atoms with Gasteiger partial charge in [0.2, 0.25) is 0 Å². The molecule has 4 rings (SSSR count). The standard InChI is InChI=1S/C30H30O6/c1-21(31)11-16-28(32)36-27-15-13-23-8-4-6-10-25(23)30(27)29-24-9-5-3-7-22(24)12-14-26(29)35-20-19-34-18-17-33-2/h3-10,12-15H,11,16-20H2,1-2H3. The predicted octanol–water partition coefficient (Wildman–Crippen LogP) is 5.98. The van der Waals surface area contributed by atoms with Gasteiger partial charge >= 0.3 is 5.97 Å². The predicted molar refractivity (Wildman–Crippen MR) is 141 cm³/mol. The van der Waals surface area contributed by atoms with Crippen LogP contribution in [0.3, 0.4) is 0 Å². The van der Waals surface area contributed by atoms with Crippen molar-refractivity contribution in [2.24, 2.45) is 0 Å². The molecule has 0 fully saturated rings. The highest BCUT2D eigenvalue weighted by Gasteiger charge is 2.20. The molecule has 186 valence electrons. The lowest BCUT2D eigenvalue weighted by Gasteiger charge is -2.19. The number of Topliss-reactive ketones (excluding diaryl/α,β-unsaturated/α-hetero) is 1. The summed E-state index contributed by atoms with van der Waals surface area (Å²) >= 11 is 0. The molecule has 0 unspecified atom stereocenters. The molecule has 0 saturated heterocycles. The number of hydrogen-bond acceptors (Lipinski definition) is 6. The average Bonchev–Trinajstić information content (AvgIpc) is 2.89. The Bertz CT molecular complexity index is 1360. The molecular weight excluding hydrogens is 456 g/mol. The van der Waals surface area contributed by atoms with Crippen LogP contribution < -0.4 is 9.47 Å². The first kappa shape index (κ1) is 25.4. The number of carbonyl (C=O) groups excluding carboxylic acids is 2. The summed E-state index contributed by atoms with van der Waals surface area (Å²) in [6, 6.07) is 23.7. The zero-order chi connectivity index (χ0) is 25.3. The molecule has 4 aromatic carbocycles. The Hall–Kier alpha value is -3.74.